The molecule has 0 aromatic carbocycles. The summed E-state index contributed by atoms with van der Waals surface area (Å²) >= 11 is 0. The van der Waals surface area contributed by atoms with Crippen molar-refractivity contribution in [2.45, 2.75) is 12.5 Å². The largest absolute Gasteiger partial charge is 0.384 e. The molecule has 3 N–H and O–H groups in total. The number of amides is 1. The molecule has 0 radical (unpaired) electrons. The number of nitrogen functional groups attached to an aromatic ring is 1. The molecule has 3 aromatic heterocycles. The summed E-state index contributed by atoms with van der Waals surface area (Å²) in [7, 11) is 1.88. The van der Waals surface area contributed by atoms with E-state index in [1.165, 1.54) is 6.20 Å². The number of aromatic nitrogens is 5. The average Bonchev–Trinajstić information content (AvgIpc) is 3.22. The second kappa shape index (κ2) is 5.48. The van der Waals surface area contributed by atoms with Crippen LogP contribution in [-0.2, 0) is 13.6 Å². The van der Waals surface area contributed by atoms with Crippen molar-refractivity contribution in [1.29, 1.82) is 0 Å². The Bertz CT molecular complexity index is 880. The van der Waals surface area contributed by atoms with Crippen LogP contribution < -0.4 is 5.73 Å². The van der Waals surface area contributed by atoms with Crippen molar-refractivity contribution < 1.29 is 4.79 Å². The lowest BCUT2D eigenvalue weighted by atomic mass is 9.93. The minimum absolute atomic E-state index is 0.000564. The van der Waals surface area contributed by atoms with Crippen LogP contribution in [0.4, 0.5) is 5.82 Å². The standard InChI is InChI=1S/C16H17N7O/c1-22-6-11(5-21-22)12-7-23(8-13-15(12)20-9-19-13)16(24)10-2-3-14(17)18-4-10/h2-6,9,12H,7-8H2,1H3,(H2,17,18)(H,19,20). The highest BCUT2D eigenvalue weighted by atomic mass is 16.2. The predicted molar refractivity (Wildman–Crippen MR) is 87.0 cm³/mol. The van der Waals surface area contributed by atoms with E-state index in [1.54, 1.807) is 28.0 Å². The Labute approximate surface area is 138 Å². The average molecular weight is 323 g/mol. The van der Waals surface area contributed by atoms with Crippen molar-refractivity contribution in [3.8, 4) is 0 Å². The van der Waals surface area contributed by atoms with Crippen molar-refractivity contribution in [3.63, 3.8) is 0 Å². The second-order valence-corrected chi connectivity index (χ2v) is 5.92. The SMILES string of the molecule is Cn1cc(C2CN(C(=O)c3ccc(N)nc3)Cc3[nH]cnc32)cn1. The first-order chi connectivity index (χ1) is 11.6. The molecule has 0 bridgehead atoms. The van der Waals surface area contributed by atoms with Gasteiger partial charge in [0.05, 0.1) is 36.0 Å². The third-order valence-corrected chi connectivity index (χ3v) is 4.28. The number of imidazole rings is 1. The zero-order valence-electron chi connectivity index (χ0n) is 13.2. The fraction of sp³-hybridized carbons (Fsp3) is 0.250. The van der Waals surface area contributed by atoms with Crippen molar-refractivity contribution in [2.75, 3.05) is 12.3 Å². The molecule has 122 valence electrons. The number of hydrogen-bond donors (Lipinski definition) is 2. The number of aromatic amines is 1. The number of pyridine rings is 1. The van der Waals surface area contributed by atoms with Gasteiger partial charge in [0.15, 0.2) is 0 Å². The van der Waals surface area contributed by atoms with Crippen molar-refractivity contribution >= 4 is 11.7 Å². The van der Waals surface area contributed by atoms with E-state index in [0.717, 1.165) is 17.0 Å². The number of H-pyrrole nitrogens is 1. The number of anilines is 1. The molecule has 4 heterocycles. The number of rotatable bonds is 2. The van der Waals surface area contributed by atoms with Gasteiger partial charge in [-0.2, -0.15) is 5.10 Å². The van der Waals surface area contributed by atoms with Crippen LogP contribution in [-0.4, -0.2) is 42.1 Å². The molecule has 0 fully saturated rings. The number of aryl methyl sites for hydroxylation is 1. The number of nitrogens with two attached hydrogens (primary N) is 1. The lowest BCUT2D eigenvalue weighted by Gasteiger charge is -2.31. The van der Waals surface area contributed by atoms with Crippen LogP contribution in [0, 0.1) is 0 Å². The lowest BCUT2D eigenvalue weighted by Crippen LogP contribution is -2.38. The second-order valence-electron chi connectivity index (χ2n) is 5.92. The Hall–Kier alpha value is -3.16. The zero-order valence-corrected chi connectivity index (χ0v) is 13.2. The van der Waals surface area contributed by atoms with Gasteiger partial charge in [0.1, 0.15) is 5.82 Å². The zero-order chi connectivity index (χ0) is 16.7. The van der Waals surface area contributed by atoms with Gasteiger partial charge in [0.25, 0.3) is 5.91 Å². The van der Waals surface area contributed by atoms with Gasteiger partial charge in [0.2, 0.25) is 0 Å². The smallest absolute Gasteiger partial charge is 0.255 e. The maximum Gasteiger partial charge on any atom is 0.255 e. The van der Waals surface area contributed by atoms with E-state index < -0.39 is 0 Å². The molecule has 1 amide bonds. The monoisotopic (exact) mass is 323 g/mol. The van der Waals surface area contributed by atoms with Crippen LogP contribution in [0.2, 0.25) is 0 Å². The van der Waals surface area contributed by atoms with Crippen LogP contribution in [0.5, 0.6) is 0 Å². The normalized spacial score (nSPS) is 16.9. The molecule has 4 rings (SSSR count). The lowest BCUT2D eigenvalue weighted by molar-refractivity contribution is 0.0721. The fourth-order valence-electron chi connectivity index (χ4n) is 3.07. The van der Waals surface area contributed by atoms with Gasteiger partial charge in [-0.3, -0.25) is 9.48 Å². The number of carbonyl (C=O) groups is 1. The summed E-state index contributed by atoms with van der Waals surface area (Å²) in [6, 6.07) is 3.34. The molecule has 8 heteroatoms. The Morgan fingerprint density at radius 1 is 1.33 bits per heavy atom. The Morgan fingerprint density at radius 2 is 2.21 bits per heavy atom. The van der Waals surface area contributed by atoms with Gasteiger partial charge in [-0.15, -0.1) is 0 Å². The molecule has 0 saturated heterocycles. The molecule has 8 nitrogen and oxygen atoms in total. The molecule has 1 unspecified atom stereocenters. The van der Waals surface area contributed by atoms with Crippen LogP contribution in [0.1, 0.15) is 33.2 Å². The number of nitrogens with zero attached hydrogens (tertiary/aromatic N) is 5. The maximum absolute atomic E-state index is 12.8. The van der Waals surface area contributed by atoms with Crippen molar-refractivity contribution in [1.82, 2.24) is 29.6 Å². The summed E-state index contributed by atoms with van der Waals surface area (Å²) in [5, 5.41) is 4.24. The Balaban J connectivity index is 1.67. The molecule has 1 aliphatic rings. The minimum atomic E-state index is -0.0726. The number of carbonyl (C=O) groups excluding carboxylic acids is 1. The fourth-order valence-corrected chi connectivity index (χ4v) is 3.07. The summed E-state index contributed by atoms with van der Waals surface area (Å²) in [4.78, 5) is 26.2. The van der Waals surface area contributed by atoms with E-state index in [1.807, 2.05) is 19.4 Å². The minimum Gasteiger partial charge on any atom is -0.384 e. The predicted octanol–water partition coefficient (Wildman–Crippen LogP) is 0.908. The molecule has 0 spiro atoms. The molecule has 1 aliphatic heterocycles. The number of fused-ring (bicyclic) bond motifs is 1. The molecular weight excluding hydrogens is 306 g/mol. The van der Waals surface area contributed by atoms with E-state index in [4.69, 9.17) is 5.73 Å². The van der Waals surface area contributed by atoms with E-state index in [9.17, 15) is 4.79 Å². The first kappa shape index (κ1) is 14.4. The summed E-state index contributed by atoms with van der Waals surface area (Å²) in [5.41, 5.74) is 9.09. The van der Waals surface area contributed by atoms with Gasteiger partial charge < -0.3 is 15.6 Å². The third kappa shape index (κ3) is 2.41. The highest BCUT2D eigenvalue weighted by Crippen LogP contribution is 2.31. The molecular formula is C16H17N7O. The summed E-state index contributed by atoms with van der Waals surface area (Å²) in [6.07, 6.45) is 6.97. The maximum atomic E-state index is 12.8. The van der Waals surface area contributed by atoms with Crippen molar-refractivity contribution in [3.05, 3.63) is 59.6 Å². The summed E-state index contributed by atoms with van der Waals surface area (Å²) < 4.78 is 1.76. The first-order valence-corrected chi connectivity index (χ1v) is 7.63. The topological polar surface area (TPSA) is 106 Å². The van der Waals surface area contributed by atoms with E-state index in [2.05, 4.69) is 20.1 Å². The van der Waals surface area contributed by atoms with Gasteiger partial charge in [-0.25, -0.2) is 9.97 Å². The highest BCUT2D eigenvalue weighted by Gasteiger charge is 2.32. The van der Waals surface area contributed by atoms with Gasteiger partial charge in [0, 0.05) is 37.5 Å². The van der Waals surface area contributed by atoms with Gasteiger partial charge in [-0.05, 0) is 12.1 Å². The van der Waals surface area contributed by atoms with Crippen molar-refractivity contribution in [2.24, 2.45) is 7.05 Å². The highest BCUT2D eigenvalue weighted by molar-refractivity contribution is 5.94. The molecule has 0 aliphatic carbocycles. The van der Waals surface area contributed by atoms with Crippen LogP contribution in [0.15, 0.2) is 37.1 Å². The molecule has 24 heavy (non-hydrogen) atoms. The quantitative estimate of drug-likeness (QED) is 0.729. The van der Waals surface area contributed by atoms with Crippen LogP contribution >= 0.6 is 0 Å². The Kier molecular flexibility index (Phi) is 3.30. The van der Waals surface area contributed by atoms with Crippen LogP contribution in [0.25, 0.3) is 0 Å². The van der Waals surface area contributed by atoms with E-state index in [0.29, 0.717) is 24.5 Å². The molecule has 3 aromatic rings. The van der Waals surface area contributed by atoms with Gasteiger partial charge in [-0.1, -0.05) is 0 Å². The van der Waals surface area contributed by atoms with E-state index >= 15 is 0 Å². The molecule has 1 atom stereocenters. The number of hydrogen-bond acceptors (Lipinski definition) is 5. The van der Waals surface area contributed by atoms with Crippen LogP contribution in [0.3, 0.4) is 0 Å². The number of nitrogens with one attached hydrogen (secondary N) is 1. The van der Waals surface area contributed by atoms with E-state index in [-0.39, 0.29) is 11.8 Å². The molecule has 0 saturated carbocycles. The Morgan fingerprint density at radius 3 is 2.92 bits per heavy atom. The third-order valence-electron chi connectivity index (χ3n) is 4.28. The summed E-state index contributed by atoms with van der Waals surface area (Å²) in [6.45, 7) is 1.04. The first-order valence-electron chi connectivity index (χ1n) is 7.63. The summed E-state index contributed by atoms with van der Waals surface area (Å²) in [5.74, 6) is 0.324. The van der Waals surface area contributed by atoms with Gasteiger partial charge >= 0.3 is 0 Å².